The van der Waals surface area contributed by atoms with Gasteiger partial charge in [0.15, 0.2) is 0 Å². The zero-order valence-corrected chi connectivity index (χ0v) is 8.51. The average Bonchev–Trinajstić information content (AvgIpc) is 2.41. The van der Waals surface area contributed by atoms with Gasteiger partial charge in [0.2, 0.25) is 0 Å². The van der Waals surface area contributed by atoms with Crippen molar-refractivity contribution in [2.45, 2.75) is 26.2 Å². The molecule has 0 aliphatic heterocycles. The van der Waals surface area contributed by atoms with E-state index in [2.05, 4.69) is 35.7 Å². The topological polar surface area (TPSA) is 61.5 Å². The normalized spacial score (nSPS) is 12.2. The first kappa shape index (κ1) is 8.99. The Morgan fingerprint density at radius 1 is 1.21 bits per heavy atom. The monoisotopic (exact) mass is 191 g/mol. The lowest BCUT2D eigenvalue weighted by Gasteiger charge is -2.16. The van der Waals surface area contributed by atoms with Crippen LogP contribution >= 0.6 is 0 Å². The summed E-state index contributed by atoms with van der Waals surface area (Å²) in [5.74, 6) is 0. The molecule has 2 N–H and O–H groups in total. The molecule has 2 rings (SSSR count). The summed E-state index contributed by atoms with van der Waals surface area (Å²) in [5, 5.41) is 0. The van der Waals surface area contributed by atoms with Gasteiger partial charge in [0, 0.05) is 11.1 Å². The lowest BCUT2D eigenvalue weighted by Crippen LogP contribution is -2.12. The first-order valence-corrected chi connectivity index (χ1v) is 4.55. The zero-order valence-electron chi connectivity index (χ0n) is 8.51. The lowest BCUT2D eigenvalue weighted by atomic mass is 9.91. The van der Waals surface area contributed by atoms with Gasteiger partial charge in [0.05, 0.1) is 17.2 Å². The highest BCUT2D eigenvalue weighted by atomic mass is 16.1. The molecule has 0 atom stereocenters. The Kier molecular flexibility index (Phi) is 1.74. The predicted molar refractivity (Wildman–Crippen MR) is 55.4 cm³/mol. The van der Waals surface area contributed by atoms with E-state index in [4.69, 9.17) is 0 Å². The van der Waals surface area contributed by atoms with Crippen LogP contribution in [0.25, 0.3) is 11.0 Å². The Morgan fingerprint density at radius 3 is 2.50 bits per heavy atom. The number of nitrogens with zero attached hydrogens (tertiary/aromatic N) is 1. The van der Waals surface area contributed by atoms with E-state index in [1.54, 1.807) is 6.20 Å². The van der Waals surface area contributed by atoms with Crippen molar-refractivity contribution >= 4 is 11.0 Å². The molecule has 0 aliphatic carbocycles. The quantitative estimate of drug-likeness (QED) is 0.663. The number of nitrogens with one attached hydrogen (secondary N) is 2. The highest BCUT2D eigenvalue weighted by molar-refractivity contribution is 5.73. The molecule has 2 aromatic rings. The van der Waals surface area contributed by atoms with Crippen LogP contribution in [0.3, 0.4) is 0 Å². The van der Waals surface area contributed by atoms with Crippen molar-refractivity contribution in [2.75, 3.05) is 0 Å². The second-order valence-electron chi connectivity index (χ2n) is 4.44. The van der Waals surface area contributed by atoms with Crippen LogP contribution in [0.4, 0.5) is 0 Å². The van der Waals surface area contributed by atoms with Gasteiger partial charge in [-0.05, 0) is 6.07 Å². The predicted octanol–water partition coefficient (Wildman–Crippen LogP) is 1.55. The van der Waals surface area contributed by atoms with E-state index in [1.807, 2.05) is 6.07 Å². The van der Waals surface area contributed by atoms with Gasteiger partial charge in [-0.25, -0.2) is 4.79 Å². The minimum Gasteiger partial charge on any atom is -0.306 e. The number of imidazole rings is 1. The second kappa shape index (κ2) is 2.70. The third-order valence-corrected chi connectivity index (χ3v) is 2.17. The van der Waals surface area contributed by atoms with E-state index in [0.29, 0.717) is 0 Å². The number of pyridine rings is 1. The summed E-state index contributed by atoms with van der Waals surface area (Å²) in [7, 11) is 0. The molecule has 0 saturated heterocycles. The number of H-pyrrole nitrogens is 2. The molecule has 0 spiro atoms. The van der Waals surface area contributed by atoms with E-state index in [1.165, 1.54) is 0 Å². The number of aromatic nitrogens is 3. The van der Waals surface area contributed by atoms with Crippen LogP contribution in [-0.4, -0.2) is 15.0 Å². The summed E-state index contributed by atoms with van der Waals surface area (Å²) in [5.41, 5.74) is 2.36. The minimum absolute atomic E-state index is 0.00233. The average molecular weight is 191 g/mol. The van der Waals surface area contributed by atoms with Crippen LogP contribution in [0.1, 0.15) is 26.5 Å². The third kappa shape index (κ3) is 1.43. The van der Waals surface area contributed by atoms with Crippen molar-refractivity contribution in [3.8, 4) is 0 Å². The number of aromatic amines is 2. The SMILES string of the molecule is CC(C)(C)c1cc2[nH]c(=O)[nH]c2cn1. The van der Waals surface area contributed by atoms with Crippen LogP contribution in [0, 0.1) is 0 Å². The van der Waals surface area contributed by atoms with E-state index >= 15 is 0 Å². The molecule has 2 heterocycles. The largest absolute Gasteiger partial charge is 0.323 e. The van der Waals surface area contributed by atoms with Gasteiger partial charge in [0.25, 0.3) is 0 Å². The van der Waals surface area contributed by atoms with Crippen molar-refractivity contribution in [3.63, 3.8) is 0 Å². The maximum absolute atomic E-state index is 11.0. The van der Waals surface area contributed by atoms with Crippen molar-refractivity contribution in [1.82, 2.24) is 15.0 Å². The molecule has 0 unspecified atom stereocenters. The first-order chi connectivity index (χ1) is 6.47. The Morgan fingerprint density at radius 2 is 1.86 bits per heavy atom. The first-order valence-electron chi connectivity index (χ1n) is 4.55. The van der Waals surface area contributed by atoms with Gasteiger partial charge < -0.3 is 9.97 Å². The van der Waals surface area contributed by atoms with Gasteiger partial charge in [-0.1, -0.05) is 20.8 Å². The Balaban J connectivity index is 2.67. The molecule has 0 aromatic carbocycles. The summed E-state index contributed by atoms with van der Waals surface area (Å²) in [6.45, 7) is 6.27. The van der Waals surface area contributed by atoms with Gasteiger partial charge in [-0.3, -0.25) is 4.98 Å². The molecule has 0 amide bonds. The summed E-state index contributed by atoms with van der Waals surface area (Å²) < 4.78 is 0. The van der Waals surface area contributed by atoms with Crippen LogP contribution in [0.15, 0.2) is 17.1 Å². The molecule has 0 aliphatic rings. The number of hydrogen-bond acceptors (Lipinski definition) is 2. The van der Waals surface area contributed by atoms with Crippen molar-refractivity contribution in [2.24, 2.45) is 0 Å². The van der Waals surface area contributed by atoms with Crippen LogP contribution in [0.2, 0.25) is 0 Å². The molecule has 0 radical (unpaired) electrons. The molecule has 14 heavy (non-hydrogen) atoms. The number of rotatable bonds is 0. The fraction of sp³-hybridized carbons (Fsp3) is 0.400. The smallest absolute Gasteiger partial charge is 0.306 e. The summed E-state index contributed by atoms with van der Waals surface area (Å²) in [4.78, 5) is 20.7. The third-order valence-electron chi connectivity index (χ3n) is 2.17. The highest BCUT2D eigenvalue weighted by Crippen LogP contribution is 2.21. The standard InChI is InChI=1S/C10H13N3O/c1-10(2,3)8-4-6-7(5-11-8)13-9(14)12-6/h4-5H,1-3H3,(H2,12,13,14). The Hall–Kier alpha value is -1.58. The summed E-state index contributed by atoms with van der Waals surface area (Å²) in [6.07, 6.45) is 1.69. The van der Waals surface area contributed by atoms with Crippen LogP contribution in [-0.2, 0) is 5.41 Å². The van der Waals surface area contributed by atoms with Crippen molar-refractivity contribution < 1.29 is 0 Å². The van der Waals surface area contributed by atoms with Crippen LogP contribution < -0.4 is 5.69 Å². The summed E-state index contributed by atoms with van der Waals surface area (Å²) in [6, 6.07) is 1.91. The fourth-order valence-electron chi connectivity index (χ4n) is 1.34. The van der Waals surface area contributed by atoms with E-state index in [0.717, 1.165) is 16.7 Å². The fourth-order valence-corrected chi connectivity index (χ4v) is 1.34. The van der Waals surface area contributed by atoms with Gasteiger partial charge in [-0.2, -0.15) is 0 Å². The number of fused-ring (bicyclic) bond motifs is 1. The number of hydrogen-bond donors (Lipinski definition) is 2. The molecule has 0 fully saturated rings. The van der Waals surface area contributed by atoms with Gasteiger partial charge in [-0.15, -0.1) is 0 Å². The molecular formula is C10H13N3O. The van der Waals surface area contributed by atoms with E-state index in [9.17, 15) is 4.79 Å². The van der Waals surface area contributed by atoms with Gasteiger partial charge in [0.1, 0.15) is 0 Å². The van der Waals surface area contributed by atoms with Crippen molar-refractivity contribution in [3.05, 3.63) is 28.4 Å². The second-order valence-corrected chi connectivity index (χ2v) is 4.44. The molecule has 4 heteroatoms. The van der Waals surface area contributed by atoms with Crippen LogP contribution in [0.5, 0.6) is 0 Å². The van der Waals surface area contributed by atoms with E-state index < -0.39 is 0 Å². The molecule has 0 bridgehead atoms. The Labute approximate surface area is 81.4 Å². The maximum atomic E-state index is 11.0. The maximum Gasteiger partial charge on any atom is 0.323 e. The van der Waals surface area contributed by atoms with Crippen molar-refractivity contribution in [1.29, 1.82) is 0 Å². The molecule has 2 aromatic heterocycles. The molecule has 4 nitrogen and oxygen atoms in total. The lowest BCUT2D eigenvalue weighted by molar-refractivity contribution is 0.570. The summed E-state index contributed by atoms with van der Waals surface area (Å²) >= 11 is 0. The minimum atomic E-state index is -0.187. The van der Waals surface area contributed by atoms with E-state index in [-0.39, 0.29) is 11.1 Å². The highest BCUT2D eigenvalue weighted by Gasteiger charge is 2.15. The molecule has 0 saturated carbocycles. The zero-order chi connectivity index (χ0) is 10.3. The van der Waals surface area contributed by atoms with Gasteiger partial charge >= 0.3 is 5.69 Å². The molecule has 74 valence electrons. The molecular weight excluding hydrogens is 178 g/mol. The Bertz CT molecular complexity index is 516.